The minimum atomic E-state index is -0.0168. The molecule has 1 heterocycles. The van der Waals surface area contributed by atoms with Crippen molar-refractivity contribution in [2.24, 2.45) is 5.73 Å². The molecule has 2 rings (SSSR count). The van der Waals surface area contributed by atoms with Crippen molar-refractivity contribution in [3.8, 4) is 0 Å². The number of carbonyl (C=O) groups is 1. The first-order valence-electron chi connectivity index (χ1n) is 6.50. The van der Waals surface area contributed by atoms with E-state index in [0.29, 0.717) is 13.1 Å². The number of hydrogen-bond acceptors (Lipinski definition) is 2. The molecule has 1 aromatic rings. The Morgan fingerprint density at radius 1 is 1.44 bits per heavy atom. The van der Waals surface area contributed by atoms with Gasteiger partial charge >= 0.3 is 6.03 Å². The van der Waals surface area contributed by atoms with E-state index in [1.165, 1.54) is 5.56 Å². The Labute approximate surface area is 108 Å². The van der Waals surface area contributed by atoms with Gasteiger partial charge in [0.2, 0.25) is 0 Å². The van der Waals surface area contributed by atoms with Crippen LogP contribution in [0.1, 0.15) is 31.0 Å². The predicted octanol–water partition coefficient (Wildman–Crippen LogP) is 1.66. The van der Waals surface area contributed by atoms with Crippen molar-refractivity contribution in [2.45, 2.75) is 32.4 Å². The molecule has 0 aliphatic carbocycles. The van der Waals surface area contributed by atoms with Crippen LogP contribution in [-0.4, -0.2) is 30.1 Å². The Hall–Kier alpha value is -1.55. The number of amides is 2. The van der Waals surface area contributed by atoms with Crippen LogP contribution in [0.15, 0.2) is 24.3 Å². The summed E-state index contributed by atoms with van der Waals surface area (Å²) in [5.41, 5.74) is 8.21. The van der Waals surface area contributed by atoms with E-state index in [0.717, 1.165) is 12.0 Å². The first kappa shape index (κ1) is 12.9. The fraction of sp³-hybridized carbons (Fsp3) is 0.500. The number of rotatable bonds is 4. The topological polar surface area (TPSA) is 58.4 Å². The van der Waals surface area contributed by atoms with Gasteiger partial charge in [0.15, 0.2) is 0 Å². The number of benzene rings is 1. The molecule has 1 aliphatic rings. The van der Waals surface area contributed by atoms with E-state index in [1.807, 2.05) is 6.92 Å². The van der Waals surface area contributed by atoms with Crippen LogP contribution in [0.4, 0.5) is 4.79 Å². The lowest BCUT2D eigenvalue weighted by Crippen LogP contribution is -2.37. The van der Waals surface area contributed by atoms with Gasteiger partial charge in [0.05, 0.1) is 6.04 Å². The molecule has 2 atom stereocenters. The SMILES string of the molecule is CCc1ccc(C2CN(CC(C)N)C(=O)N2)cc1. The molecule has 18 heavy (non-hydrogen) atoms. The third-order valence-corrected chi connectivity index (χ3v) is 3.29. The fourth-order valence-electron chi connectivity index (χ4n) is 2.27. The number of nitrogens with two attached hydrogens (primary N) is 1. The summed E-state index contributed by atoms with van der Waals surface area (Å²) in [7, 11) is 0. The van der Waals surface area contributed by atoms with E-state index in [9.17, 15) is 4.79 Å². The Morgan fingerprint density at radius 3 is 2.67 bits per heavy atom. The summed E-state index contributed by atoms with van der Waals surface area (Å²) in [4.78, 5) is 13.6. The van der Waals surface area contributed by atoms with Gasteiger partial charge in [-0.1, -0.05) is 31.2 Å². The maximum Gasteiger partial charge on any atom is 0.318 e. The molecule has 0 saturated carbocycles. The minimum absolute atomic E-state index is 0.0111. The lowest BCUT2D eigenvalue weighted by atomic mass is 10.0. The van der Waals surface area contributed by atoms with Gasteiger partial charge in [-0.05, 0) is 24.5 Å². The summed E-state index contributed by atoms with van der Waals surface area (Å²) >= 11 is 0. The maximum atomic E-state index is 11.8. The highest BCUT2D eigenvalue weighted by Crippen LogP contribution is 2.20. The summed E-state index contributed by atoms with van der Waals surface area (Å²) in [6.07, 6.45) is 1.04. The highest BCUT2D eigenvalue weighted by molar-refractivity contribution is 5.77. The van der Waals surface area contributed by atoms with Gasteiger partial charge in [0, 0.05) is 19.1 Å². The van der Waals surface area contributed by atoms with Crippen LogP contribution >= 0.6 is 0 Å². The zero-order chi connectivity index (χ0) is 13.1. The van der Waals surface area contributed by atoms with Crippen molar-refractivity contribution >= 4 is 6.03 Å². The highest BCUT2D eigenvalue weighted by Gasteiger charge is 2.29. The number of urea groups is 1. The number of aryl methyl sites for hydroxylation is 1. The van der Waals surface area contributed by atoms with Crippen LogP contribution in [0, 0.1) is 0 Å². The van der Waals surface area contributed by atoms with E-state index in [2.05, 4.69) is 36.5 Å². The molecule has 1 fully saturated rings. The second-order valence-corrected chi connectivity index (χ2v) is 4.98. The number of carbonyl (C=O) groups excluding carboxylic acids is 1. The zero-order valence-corrected chi connectivity index (χ0v) is 11.0. The summed E-state index contributed by atoms with van der Waals surface area (Å²) in [6, 6.07) is 8.51. The van der Waals surface area contributed by atoms with Gasteiger partial charge in [-0.2, -0.15) is 0 Å². The summed E-state index contributed by atoms with van der Waals surface area (Å²) in [5.74, 6) is 0. The molecule has 1 aliphatic heterocycles. The molecule has 1 saturated heterocycles. The maximum absolute atomic E-state index is 11.8. The summed E-state index contributed by atoms with van der Waals surface area (Å²) in [6.45, 7) is 5.36. The monoisotopic (exact) mass is 247 g/mol. The summed E-state index contributed by atoms with van der Waals surface area (Å²) in [5, 5.41) is 2.99. The standard InChI is InChI=1S/C14H21N3O/c1-3-11-4-6-12(7-5-11)13-9-17(8-10(2)15)14(18)16-13/h4-7,10,13H,3,8-9,15H2,1-2H3,(H,16,18). The Bertz CT molecular complexity index is 414. The van der Waals surface area contributed by atoms with Gasteiger partial charge in [0.25, 0.3) is 0 Å². The van der Waals surface area contributed by atoms with Gasteiger partial charge in [0.1, 0.15) is 0 Å². The lowest BCUT2D eigenvalue weighted by Gasteiger charge is -2.16. The van der Waals surface area contributed by atoms with E-state index in [-0.39, 0.29) is 18.1 Å². The van der Waals surface area contributed by atoms with Crippen molar-refractivity contribution < 1.29 is 4.79 Å². The smallest absolute Gasteiger partial charge is 0.318 e. The molecule has 1 aromatic carbocycles. The van der Waals surface area contributed by atoms with Gasteiger partial charge in [-0.15, -0.1) is 0 Å². The molecule has 4 nitrogen and oxygen atoms in total. The van der Waals surface area contributed by atoms with Crippen LogP contribution in [0.3, 0.4) is 0 Å². The van der Waals surface area contributed by atoms with E-state index >= 15 is 0 Å². The summed E-state index contributed by atoms with van der Waals surface area (Å²) < 4.78 is 0. The largest absolute Gasteiger partial charge is 0.329 e. The van der Waals surface area contributed by atoms with Crippen LogP contribution < -0.4 is 11.1 Å². The number of nitrogens with one attached hydrogen (secondary N) is 1. The molecule has 2 unspecified atom stereocenters. The fourth-order valence-corrected chi connectivity index (χ4v) is 2.27. The van der Waals surface area contributed by atoms with E-state index in [1.54, 1.807) is 4.90 Å². The normalized spacial score (nSPS) is 20.9. The molecule has 0 radical (unpaired) electrons. The molecular weight excluding hydrogens is 226 g/mol. The first-order chi connectivity index (χ1) is 8.60. The van der Waals surface area contributed by atoms with Gasteiger partial charge < -0.3 is 16.0 Å². The molecule has 0 bridgehead atoms. The average Bonchev–Trinajstić information content (AvgIpc) is 2.70. The van der Waals surface area contributed by atoms with Gasteiger partial charge in [-0.3, -0.25) is 0 Å². The molecular formula is C14H21N3O. The average molecular weight is 247 g/mol. The first-order valence-corrected chi connectivity index (χ1v) is 6.50. The Balaban J connectivity index is 2.04. The zero-order valence-electron chi connectivity index (χ0n) is 11.0. The van der Waals surface area contributed by atoms with E-state index < -0.39 is 0 Å². The van der Waals surface area contributed by atoms with E-state index in [4.69, 9.17) is 5.73 Å². The second-order valence-electron chi connectivity index (χ2n) is 4.98. The van der Waals surface area contributed by atoms with Crippen LogP contribution in [0.25, 0.3) is 0 Å². The minimum Gasteiger partial charge on any atom is -0.329 e. The quantitative estimate of drug-likeness (QED) is 0.850. The van der Waals surface area contributed by atoms with Crippen molar-refractivity contribution in [3.05, 3.63) is 35.4 Å². The number of hydrogen-bond donors (Lipinski definition) is 2. The lowest BCUT2D eigenvalue weighted by molar-refractivity contribution is 0.215. The molecule has 0 spiro atoms. The number of nitrogens with zero attached hydrogens (tertiary/aromatic N) is 1. The second kappa shape index (κ2) is 5.40. The third kappa shape index (κ3) is 2.82. The molecule has 4 heteroatoms. The molecule has 0 aromatic heterocycles. The third-order valence-electron chi connectivity index (χ3n) is 3.29. The molecule has 3 N–H and O–H groups in total. The molecule has 98 valence electrons. The van der Waals surface area contributed by atoms with Crippen molar-refractivity contribution in [1.29, 1.82) is 0 Å². The molecule has 2 amide bonds. The van der Waals surface area contributed by atoms with Crippen LogP contribution in [0.2, 0.25) is 0 Å². The van der Waals surface area contributed by atoms with Crippen molar-refractivity contribution in [1.82, 2.24) is 10.2 Å². The predicted molar refractivity (Wildman–Crippen MR) is 72.3 cm³/mol. The van der Waals surface area contributed by atoms with Gasteiger partial charge in [-0.25, -0.2) is 4.79 Å². The van der Waals surface area contributed by atoms with Crippen LogP contribution in [0.5, 0.6) is 0 Å². The highest BCUT2D eigenvalue weighted by atomic mass is 16.2. The van der Waals surface area contributed by atoms with Crippen molar-refractivity contribution in [2.75, 3.05) is 13.1 Å². The Morgan fingerprint density at radius 2 is 2.11 bits per heavy atom. The Kier molecular flexibility index (Phi) is 3.87. The van der Waals surface area contributed by atoms with Crippen LogP contribution in [-0.2, 0) is 6.42 Å². The van der Waals surface area contributed by atoms with Crippen molar-refractivity contribution in [3.63, 3.8) is 0 Å².